The van der Waals surface area contributed by atoms with E-state index in [1.54, 1.807) is 5.57 Å². The highest BCUT2D eigenvalue weighted by molar-refractivity contribution is 5.31. The molecule has 1 spiro atoms. The molecule has 1 aliphatic heterocycles. The van der Waals surface area contributed by atoms with Crippen LogP contribution < -0.4 is 0 Å². The largest absolute Gasteiger partial charge is 0.395 e. The van der Waals surface area contributed by atoms with Gasteiger partial charge in [-0.3, -0.25) is 0 Å². The predicted molar refractivity (Wildman–Crippen MR) is 94.5 cm³/mol. The standard InChI is InChI=1S/C21H34O3/c1-14-17-8-10-20(13-22)9-6-5-7-18(20)19(17,4)11-12-21(14)23-15(2)16(3)24-21/h7,14-17,22H,5-6,8-13H2,1-4H3/t14-,15-,16-,17-,19-,20+/m1/s1. The van der Waals surface area contributed by atoms with Crippen LogP contribution in [-0.4, -0.2) is 29.7 Å². The van der Waals surface area contributed by atoms with Crippen LogP contribution in [0.5, 0.6) is 0 Å². The number of hydrogen-bond donors (Lipinski definition) is 1. The third-order valence-corrected chi connectivity index (χ3v) is 8.17. The van der Waals surface area contributed by atoms with Crippen molar-refractivity contribution in [2.75, 3.05) is 6.61 Å². The molecule has 1 N–H and O–H groups in total. The van der Waals surface area contributed by atoms with Crippen LogP contribution in [-0.2, 0) is 9.47 Å². The van der Waals surface area contributed by atoms with Crippen LogP contribution in [0, 0.1) is 22.7 Å². The van der Waals surface area contributed by atoms with E-state index in [1.807, 2.05) is 0 Å². The zero-order chi connectivity index (χ0) is 17.2. The first-order valence-corrected chi connectivity index (χ1v) is 10.0. The highest BCUT2D eigenvalue weighted by atomic mass is 16.8. The maximum Gasteiger partial charge on any atom is 0.172 e. The maximum atomic E-state index is 10.2. The van der Waals surface area contributed by atoms with Gasteiger partial charge in [-0.05, 0) is 63.7 Å². The fourth-order valence-electron chi connectivity index (χ4n) is 6.60. The molecule has 4 aliphatic rings. The molecule has 0 aromatic carbocycles. The fraction of sp³-hybridized carbons (Fsp3) is 0.905. The second-order valence-corrected chi connectivity index (χ2v) is 9.26. The van der Waals surface area contributed by atoms with Crippen LogP contribution in [0.3, 0.4) is 0 Å². The molecule has 24 heavy (non-hydrogen) atoms. The van der Waals surface area contributed by atoms with E-state index in [9.17, 15) is 5.11 Å². The SMILES string of the molecule is C[C@@H]1[C@H]2CC[C@]3(CO)CCCC=C3[C@]2(C)CCC12O[C@H](C)[C@@H](C)O2. The monoisotopic (exact) mass is 334 g/mol. The van der Waals surface area contributed by atoms with E-state index >= 15 is 0 Å². The van der Waals surface area contributed by atoms with Crippen LogP contribution >= 0.6 is 0 Å². The molecular formula is C21H34O3. The molecule has 136 valence electrons. The molecule has 3 fully saturated rings. The van der Waals surface area contributed by atoms with E-state index in [4.69, 9.17) is 9.47 Å². The number of aliphatic hydroxyl groups is 1. The Morgan fingerprint density at radius 2 is 1.79 bits per heavy atom. The van der Waals surface area contributed by atoms with Gasteiger partial charge in [0, 0.05) is 17.8 Å². The first kappa shape index (κ1) is 17.1. The summed E-state index contributed by atoms with van der Waals surface area (Å²) in [6.45, 7) is 9.41. The smallest absolute Gasteiger partial charge is 0.172 e. The third kappa shape index (κ3) is 2.13. The Bertz CT molecular complexity index is 531. The molecule has 4 rings (SSSR count). The normalized spacial score (nSPS) is 50.3. The van der Waals surface area contributed by atoms with Crippen molar-refractivity contribution in [3.63, 3.8) is 0 Å². The Morgan fingerprint density at radius 3 is 2.46 bits per heavy atom. The van der Waals surface area contributed by atoms with Crippen LogP contribution in [0.2, 0.25) is 0 Å². The summed E-state index contributed by atoms with van der Waals surface area (Å²) in [6, 6.07) is 0. The molecule has 0 bridgehead atoms. The zero-order valence-electron chi connectivity index (χ0n) is 15.8. The minimum absolute atomic E-state index is 0.0612. The van der Waals surface area contributed by atoms with Gasteiger partial charge in [0.2, 0.25) is 0 Å². The second-order valence-electron chi connectivity index (χ2n) is 9.26. The molecule has 0 aromatic heterocycles. The van der Waals surface area contributed by atoms with Gasteiger partial charge in [0.15, 0.2) is 5.79 Å². The third-order valence-electron chi connectivity index (χ3n) is 8.17. The first-order valence-electron chi connectivity index (χ1n) is 10.0. The number of fused-ring (bicyclic) bond motifs is 3. The van der Waals surface area contributed by atoms with Crippen molar-refractivity contribution >= 4 is 0 Å². The number of allylic oxidation sites excluding steroid dienone is 1. The number of rotatable bonds is 1. The summed E-state index contributed by atoms with van der Waals surface area (Å²) in [4.78, 5) is 0. The van der Waals surface area contributed by atoms with Gasteiger partial charge in [-0.25, -0.2) is 0 Å². The van der Waals surface area contributed by atoms with Gasteiger partial charge in [-0.1, -0.05) is 25.5 Å². The zero-order valence-corrected chi connectivity index (χ0v) is 15.8. The predicted octanol–water partition coefficient (Wildman–Crippen LogP) is 4.44. The lowest BCUT2D eigenvalue weighted by Gasteiger charge is -2.61. The van der Waals surface area contributed by atoms with Crippen molar-refractivity contribution in [1.29, 1.82) is 0 Å². The van der Waals surface area contributed by atoms with Crippen LogP contribution in [0.25, 0.3) is 0 Å². The minimum Gasteiger partial charge on any atom is -0.395 e. The van der Waals surface area contributed by atoms with Crippen LogP contribution in [0.15, 0.2) is 11.6 Å². The van der Waals surface area contributed by atoms with E-state index in [0.29, 0.717) is 18.4 Å². The van der Waals surface area contributed by atoms with Crippen LogP contribution in [0.4, 0.5) is 0 Å². The average Bonchev–Trinajstić information content (AvgIpc) is 2.87. The molecule has 3 heteroatoms. The van der Waals surface area contributed by atoms with Crippen molar-refractivity contribution < 1.29 is 14.6 Å². The lowest BCUT2D eigenvalue weighted by Crippen LogP contribution is -2.57. The van der Waals surface area contributed by atoms with E-state index in [2.05, 4.69) is 33.8 Å². The molecule has 6 atom stereocenters. The summed E-state index contributed by atoms with van der Waals surface area (Å²) < 4.78 is 12.8. The molecular weight excluding hydrogens is 300 g/mol. The molecule has 3 aliphatic carbocycles. The summed E-state index contributed by atoms with van der Waals surface area (Å²) in [5, 5.41) is 10.2. The summed E-state index contributed by atoms with van der Waals surface area (Å²) in [7, 11) is 0. The molecule has 0 unspecified atom stereocenters. The fourth-order valence-corrected chi connectivity index (χ4v) is 6.60. The van der Waals surface area contributed by atoms with Gasteiger partial charge in [0.1, 0.15) is 0 Å². The minimum atomic E-state index is -0.378. The van der Waals surface area contributed by atoms with E-state index in [-0.39, 0.29) is 28.8 Å². The summed E-state index contributed by atoms with van der Waals surface area (Å²) in [6.07, 6.45) is 10.8. The molecule has 2 saturated carbocycles. The Morgan fingerprint density at radius 1 is 1.08 bits per heavy atom. The van der Waals surface area contributed by atoms with E-state index in [0.717, 1.165) is 25.7 Å². The van der Waals surface area contributed by atoms with E-state index in [1.165, 1.54) is 19.3 Å². The van der Waals surface area contributed by atoms with Crippen molar-refractivity contribution in [1.82, 2.24) is 0 Å². The molecule has 0 amide bonds. The van der Waals surface area contributed by atoms with Gasteiger partial charge in [-0.2, -0.15) is 0 Å². The van der Waals surface area contributed by atoms with Crippen LogP contribution in [0.1, 0.15) is 72.6 Å². The number of aliphatic hydroxyl groups excluding tert-OH is 1. The van der Waals surface area contributed by atoms with Gasteiger partial charge in [0.05, 0.1) is 18.8 Å². The molecule has 1 heterocycles. The Balaban J connectivity index is 1.68. The molecule has 1 saturated heterocycles. The second kappa shape index (κ2) is 5.56. The van der Waals surface area contributed by atoms with Gasteiger partial charge < -0.3 is 14.6 Å². The first-order chi connectivity index (χ1) is 11.4. The Kier molecular flexibility index (Phi) is 3.95. The summed E-state index contributed by atoms with van der Waals surface area (Å²) in [5.74, 6) is 0.619. The lowest BCUT2D eigenvalue weighted by atomic mass is 9.46. The highest BCUT2D eigenvalue weighted by Crippen LogP contribution is 2.65. The van der Waals surface area contributed by atoms with Gasteiger partial charge in [-0.15, -0.1) is 0 Å². The average molecular weight is 335 g/mol. The number of hydrogen-bond acceptors (Lipinski definition) is 3. The van der Waals surface area contributed by atoms with E-state index < -0.39 is 0 Å². The maximum absolute atomic E-state index is 10.2. The Labute approximate surface area is 146 Å². The molecule has 0 aromatic rings. The summed E-state index contributed by atoms with van der Waals surface area (Å²) >= 11 is 0. The molecule has 3 nitrogen and oxygen atoms in total. The topological polar surface area (TPSA) is 38.7 Å². The van der Waals surface area contributed by atoms with Gasteiger partial charge in [0.25, 0.3) is 0 Å². The van der Waals surface area contributed by atoms with Gasteiger partial charge >= 0.3 is 0 Å². The summed E-state index contributed by atoms with van der Waals surface area (Å²) in [5.41, 5.74) is 1.83. The highest BCUT2D eigenvalue weighted by Gasteiger charge is 2.62. The van der Waals surface area contributed by atoms with Crippen molar-refractivity contribution in [2.24, 2.45) is 22.7 Å². The van der Waals surface area contributed by atoms with Crippen molar-refractivity contribution in [3.05, 3.63) is 11.6 Å². The quantitative estimate of drug-likeness (QED) is 0.720. The van der Waals surface area contributed by atoms with Crippen molar-refractivity contribution in [2.45, 2.75) is 90.6 Å². The lowest BCUT2D eigenvalue weighted by molar-refractivity contribution is -0.255. The number of ether oxygens (including phenoxy) is 2. The Hall–Kier alpha value is -0.380. The van der Waals surface area contributed by atoms with Crippen molar-refractivity contribution in [3.8, 4) is 0 Å². The molecule has 0 radical (unpaired) electrons.